The Labute approximate surface area is 174 Å². The second kappa shape index (κ2) is 9.02. The lowest BCUT2D eigenvalue weighted by atomic mass is 10.2. The minimum absolute atomic E-state index is 0.211. The molecular formula is C19H14Cl2F2N4O2. The van der Waals surface area contributed by atoms with Crippen molar-refractivity contribution in [2.45, 2.75) is 0 Å². The van der Waals surface area contributed by atoms with Crippen molar-refractivity contribution < 1.29 is 13.6 Å². The van der Waals surface area contributed by atoms with E-state index in [9.17, 15) is 18.4 Å². The Hall–Kier alpha value is -2.97. The van der Waals surface area contributed by atoms with Crippen LogP contribution in [0.2, 0.25) is 10.0 Å². The fourth-order valence-corrected chi connectivity index (χ4v) is 2.91. The molecule has 0 spiro atoms. The summed E-state index contributed by atoms with van der Waals surface area (Å²) in [6, 6.07) is 9.37. The number of aromatic nitrogens is 2. The van der Waals surface area contributed by atoms with Gasteiger partial charge in [0.05, 0.1) is 22.5 Å². The van der Waals surface area contributed by atoms with E-state index in [1.165, 1.54) is 6.20 Å². The third-order valence-electron chi connectivity index (χ3n) is 3.90. The molecule has 10 heteroatoms. The maximum Gasteiger partial charge on any atom is 0.292 e. The summed E-state index contributed by atoms with van der Waals surface area (Å²) in [6.07, 6.45) is 1.24. The molecule has 0 saturated carbocycles. The Morgan fingerprint density at radius 3 is 2.59 bits per heavy atom. The second-order valence-corrected chi connectivity index (χ2v) is 6.63. The fourth-order valence-electron chi connectivity index (χ4n) is 2.49. The molecule has 1 aromatic heterocycles. The average Bonchev–Trinajstić information content (AvgIpc) is 2.69. The number of benzene rings is 2. The summed E-state index contributed by atoms with van der Waals surface area (Å²) >= 11 is 12.0. The predicted octanol–water partition coefficient (Wildman–Crippen LogP) is 3.66. The first-order valence-corrected chi connectivity index (χ1v) is 9.14. The van der Waals surface area contributed by atoms with Crippen LogP contribution < -0.4 is 16.2 Å². The van der Waals surface area contributed by atoms with Gasteiger partial charge in [-0.25, -0.2) is 8.78 Å². The van der Waals surface area contributed by atoms with Crippen molar-refractivity contribution in [3.05, 3.63) is 86.3 Å². The number of carbonyl (C=O) groups is 1. The first-order chi connectivity index (χ1) is 13.9. The summed E-state index contributed by atoms with van der Waals surface area (Å²) in [5.41, 5.74) is -0.445. The highest BCUT2D eigenvalue weighted by molar-refractivity contribution is 6.34. The molecule has 3 rings (SSSR count). The molecule has 0 aliphatic rings. The van der Waals surface area contributed by atoms with Crippen molar-refractivity contribution in [3.8, 4) is 5.69 Å². The molecule has 1 heterocycles. The summed E-state index contributed by atoms with van der Waals surface area (Å²) in [4.78, 5) is 24.5. The highest BCUT2D eigenvalue weighted by Crippen LogP contribution is 2.18. The van der Waals surface area contributed by atoms with Gasteiger partial charge in [-0.3, -0.25) is 9.59 Å². The van der Waals surface area contributed by atoms with E-state index in [1.807, 2.05) is 0 Å². The molecule has 0 aliphatic heterocycles. The lowest BCUT2D eigenvalue weighted by molar-refractivity contribution is 0.0955. The minimum Gasteiger partial charge on any atom is -0.381 e. The van der Waals surface area contributed by atoms with Crippen LogP contribution in [0.3, 0.4) is 0 Å². The highest BCUT2D eigenvalue weighted by Gasteiger charge is 2.14. The lowest BCUT2D eigenvalue weighted by Crippen LogP contribution is -2.30. The SMILES string of the molecule is O=C(NCCNc1cnn(-c2ccc(F)cc2F)c(=O)c1Cl)c1ccccc1Cl. The van der Waals surface area contributed by atoms with Gasteiger partial charge >= 0.3 is 0 Å². The number of carbonyl (C=O) groups excluding carboxylic acids is 1. The highest BCUT2D eigenvalue weighted by atomic mass is 35.5. The predicted molar refractivity (Wildman–Crippen MR) is 107 cm³/mol. The average molecular weight is 439 g/mol. The molecule has 3 aromatic rings. The zero-order valence-corrected chi connectivity index (χ0v) is 16.3. The van der Waals surface area contributed by atoms with Gasteiger partial charge in [-0.05, 0) is 24.3 Å². The maximum absolute atomic E-state index is 13.9. The van der Waals surface area contributed by atoms with Crippen molar-refractivity contribution in [2.75, 3.05) is 18.4 Å². The van der Waals surface area contributed by atoms with Gasteiger partial charge in [-0.1, -0.05) is 35.3 Å². The van der Waals surface area contributed by atoms with Crippen LogP contribution in [0, 0.1) is 11.6 Å². The van der Waals surface area contributed by atoms with E-state index in [0.717, 1.165) is 16.8 Å². The molecule has 0 fully saturated rings. The van der Waals surface area contributed by atoms with E-state index >= 15 is 0 Å². The first kappa shape index (κ1) is 20.8. The summed E-state index contributed by atoms with van der Waals surface area (Å²) in [7, 11) is 0. The number of hydrogen-bond donors (Lipinski definition) is 2. The summed E-state index contributed by atoms with van der Waals surface area (Å²) in [5.74, 6) is -2.06. The van der Waals surface area contributed by atoms with E-state index in [4.69, 9.17) is 23.2 Å². The number of amides is 1. The van der Waals surface area contributed by atoms with Crippen LogP contribution in [-0.2, 0) is 0 Å². The Bertz CT molecular complexity index is 1120. The molecule has 0 unspecified atom stereocenters. The van der Waals surface area contributed by atoms with Gasteiger partial charge in [-0.2, -0.15) is 9.78 Å². The Balaban J connectivity index is 1.65. The molecule has 2 N–H and O–H groups in total. The van der Waals surface area contributed by atoms with Crippen molar-refractivity contribution in [3.63, 3.8) is 0 Å². The molecular weight excluding hydrogens is 425 g/mol. The maximum atomic E-state index is 13.9. The van der Waals surface area contributed by atoms with Crippen molar-refractivity contribution in [2.24, 2.45) is 0 Å². The Morgan fingerprint density at radius 2 is 1.86 bits per heavy atom. The fraction of sp³-hybridized carbons (Fsp3) is 0.105. The number of hydrogen-bond acceptors (Lipinski definition) is 4. The standard InChI is InChI=1S/C19H14Cl2F2N4O2/c20-13-4-2-1-3-12(13)18(28)25-8-7-24-15-10-26-27(19(29)17(15)21)16-6-5-11(22)9-14(16)23/h1-6,9-10,24H,7-8H2,(H,25,28). The van der Waals surface area contributed by atoms with Crippen molar-refractivity contribution >= 4 is 34.8 Å². The second-order valence-electron chi connectivity index (χ2n) is 5.85. The molecule has 2 aromatic carbocycles. The number of anilines is 1. The van der Waals surface area contributed by atoms with E-state index < -0.39 is 17.2 Å². The third-order valence-corrected chi connectivity index (χ3v) is 4.60. The molecule has 0 bridgehead atoms. The number of nitrogens with one attached hydrogen (secondary N) is 2. The van der Waals surface area contributed by atoms with Crippen LogP contribution in [0.1, 0.15) is 10.4 Å². The molecule has 29 heavy (non-hydrogen) atoms. The van der Waals surface area contributed by atoms with E-state index in [-0.39, 0.29) is 35.4 Å². The Morgan fingerprint density at radius 1 is 1.10 bits per heavy atom. The molecule has 0 saturated heterocycles. The number of nitrogens with zero attached hydrogens (tertiary/aromatic N) is 2. The third kappa shape index (κ3) is 4.72. The van der Waals surface area contributed by atoms with Gasteiger partial charge in [0.15, 0.2) is 5.82 Å². The summed E-state index contributed by atoms with van der Waals surface area (Å²) in [5, 5.41) is 9.52. The quantitative estimate of drug-likeness (QED) is 0.575. The summed E-state index contributed by atoms with van der Waals surface area (Å²) in [6.45, 7) is 0.460. The van der Waals surface area contributed by atoms with Crippen LogP contribution >= 0.6 is 23.2 Å². The molecule has 150 valence electrons. The van der Waals surface area contributed by atoms with Crippen molar-refractivity contribution in [1.29, 1.82) is 0 Å². The van der Waals surface area contributed by atoms with E-state index in [1.54, 1.807) is 24.3 Å². The van der Waals surface area contributed by atoms with Gasteiger partial charge in [0.25, 0.3) is 11.5 Å². The first-order valence-electron chi connectivity index (χ1n) is 8.38. The molecule has 1 amide bonds. The monoisotopic (exact) mass is 438 g/mol. The lowest BCUT2D eigenvalue weighted by Gasteiger charge is -2.11. The van der Waals surface area contributed by atoms with Gasteiger partial charge < -0.3 is 10.6 Å². The van der Waals surface area contributed by atoms with Gasteiger partial charge in [0.2, 0.25) is 0 Å². The smallest absolute Gasteiger partial charge is 0.292 e. The molecule has 0 radical (unpaired) electrons. The van der Waals surface area contributed by atoms with Gasteiger partial charge in [0.1, 0.15) is 16.5 Å². The van der Waals surface area contributed by atoms with Crippen LogP contribution in [0.25, 0.3) is 5.69 Å². The van der Waals surface area contributed by atoms with E-state index in [2.05, 4.69) is 15.7 Å². The molecule has 0 atom stereocenters. The molecule has 6 nitrogen and oxygen atoms in total. The Kier molecular flexibility index (Phi) is 6.46. The zero-order valence-electron chi connectivity index (χ0n) is 14.8. The van der Waals surface area contributed by atoms with Crippen LogP contribution in [0.15, 0.2) is 53.5 Å². The minimum atomic E-state index is -0.946. The number of halogens is 4. The summed E-state index contributed by atoms with van der Waals surface area (Å²) < 4.78 is 27.7. The number of rotatable bonds is 6. The molecule has 0 aliphatic carbocycles. The van der Waals surface area contributed by atoms with Crippen LogP contribution in [0.5, 0.6) is 0 Å². The van der Waals surface area contributed by atoms with Crippen LogP contribution in [-0.4, -0.2) is 28.8 Å². The van der Waals surface area contributed by atoms with Crippen LogP contribution in [0.4, 0.5) is 14.5 Å². The normalized spacial score (nSPS) is 10.6. The largest absolute Gasteiger partial charge is 0.381 e. The van der Waals surface area contributed by atoms with Gasteiger partial charge in [-0.15, -0.1) is 0 Å². The van der Waals surface area contributed by atoms with E-state index in [0.29, 0.717) is 16.7 Å². The topological polar surface area (TPSA) is 76.0 Å². The zero-order chi connectivity index (χ0) is 21.0. The van der Waals surface area contributed by atoms with Gasteiger partial charge in [0, 0.05) is 19.2 Å². The van der Waals surface area contributed by atoms with Crippen molar-refractivity contribution in [1.82, 2.24) is 15.1 Å².